The second-order valence-corrected chi connectivity index (χ2v) is 4.79. The van der Waals surface area contributed by atoms with Gasteiger partial charge in [-0.1, -0.05) is 24.3 Å². The van der Waals surface area contributed by atoms with E-state index in [0.29, 0.717) is 6.61 Å². The van der Waals surface area contributed by atoms with Crippen LogP contribution in [0.15, 0.2) is 24.3 Å². The van der Waals surface area contributed by atoms with Crippen LogP contribution < -0.4 is 5.32 Å². The van der Waals surface area contributed by atoms with Crippen LogP contribution in [0.4, 0.5) is 0 Å². The van der Waals surface area contributed by atoms with E-state index in [0.717, 1.165) is 32.8 Å². The summed E-state index contributed by atoms with van der Waals surface area (Å²) in [6.07, 6.45) is 0. The van der Waals surface area contributed by atoms with Gasteiger partial charge < -0.3 is 19.7 Å². The molecule has 108 valence electrons. The third-order valence-electron chi connectivity index (χ3n) is 2.84. The lowest BCUT2D eigenvalue weighted by atomic mass is 10.1. The predicted molar refractivity (Wildman–Crippen MR) is 78.2 cm³/mol. The molecule has 0 saturated carbocycles. The second kappa shape index (κ2) is 9.92. The molecule has 0 aliphatic rings. The molecule has 0 aliphatic heterocycles. The minimum Gasteiger partial charge on any atom is -0.380 e. The number of nitrogens with zero attached hydrogens (tertiary/aromatic N) is 1. The monoisotopic (exact) mass is 266 g/mol. The standard InChI is InChI=1S/C15H26N2O2/c1-17(2)9-11-19-10-8-16-12-14-6-4-5-7-15(14)13-18-3/h4-7,16H,8-13H2,1-3H3. The second-order valence-electron chi connectivity index (χ2n) is 4.79. The zero-order valence-corrected chi connectivity index (χ0v) is 12.3. The zero-order valence-electron chi connectivity index (χ0n) is 12.3. The molecular formula is C15H26N2O2. The Morgan fingerprint density at radius 1 is 1.11 bits per heavy atom. The molecule has 0 atom stereocenters. The van der Waals surface area contributed by atoms with Gasteiger partial charge in [-0.05, 0) is 25.2 Å². The third kappa shape index (κ3) is 7.28. The van der Waals surface area contributed by atoms with E-state index in [1.54, 1.807) is 7.11 Å². The molecule has 4 heteroatoms. The Morgan fingerprint density at radius 2 is 1.84 bits per heavy atom. The van der Waals surface area contributed by atoms with Gasteiger partial charge in [-0.2, -0.15) is 0 Å². The van der Waals surface area contributed by atoms with Crippen LogP contribution in [0.2, 0.25) is 0 Å². The topological polar surface area (TPSA) is 33.7 Å². The average Bonchev–Trinajstić information content (AvgIpc) is 2.39. The van der Waals surface area contributed by atoms with Crippen LogP contribution in [0.5, 0.6) is 0 Å². The number of methoxy groups -OCH3 is 1. The van der Waals surface area contributed by atoms with Gasteiger partial charge in [0.15, 0.2) is 0 Å². The van der Waals surface area contributed by atoms with Crippen LogP contribution in [-0.4, -0.2) is 52.4 Å². The molecule has 0 amide bonds. The van der Waals surface area contributed by atoms with Gasteiger partial charge in [-0.25, -0.2) is 0 Å². The van der Waals surface area contributed by atoms with Crippen molar-refractivity contribution in [2.75, 3.05) is 47.5 Å². The lowest BCUT2D eigenvalue weighted by Gasteiger charge is -2.11. The molecular weight excluding hydrogens is 240 g/mol. The molecule has 0 unspecified atom stereocenters. The molecule has 1 aromatic carbocycles. The van der Waals surface area contributed by atoms with Crippen molar-refractivity contribution in [2.45, 2.75) is 13.2 Å². The van der Waals surface area contributed by atoms with Crippen LogP contribution in [0.1, 0.15) is 11.1 Å². The molecule has 1 aromatic rings. The highest BCUT2D eigenvalue weighted by molar-refractivity contribution is 5.26. The highest BCUT2D eigenvalue weighted by Gasteiger charge is 2.00. The third-order valence-corrected chi connectivity index (χ3v) is 2.84. The van der Waals surface area contributed by atoms with Crippen LogP contribution >= 0.6 is 0 Å². The van der Waals surface area contributed by atoms with Gasteiger partial charge in [0, 0.05) is 26.7 Å². The molecule has 0 saturated heterocycles. The molecule has 0 heterocycles. The molecule has 1 N–H and O–H groups in total. The molecule has 1 rings (SSSR count). The molecule has 0 fully saturated rings. The van der Waals surface area contributed by atoms with E-state index in [2.05, 4.69) is 28.4 Å². The minimum atomic E-state index is 0.664. The number of nitrogens with one attached hydrogen (secondary N) is 1. The van der Waals surface area contributed by atoms with Gasteiger partial charge in [-0.15, -0.1) is 0 Å². The van der Waals surface area contributed by atoms with Crippen molar-refractivity contribution >= 4 is 0 Å². The first-order chi connectivity index (χ1) is 9.24. The summed E-state index contributed by atoms with van der Waals surface area (Å²) < 4.78 is 10.7. The van der Waals surface area contributed by atoms with E-state index in [9.17, 15) is 0 Å². The van der Waals surface area contributed by atoms with Crippen molar-refractivity contribution in [1.29, 1.82) is 0 Å². The van der Waals surface area contributed by atoms with Crippen molar-refractivity contribution in [3.05, 3.63) is 35.4 Å². The van der Waals surface area contributed by atoms with E-state index in [-0.39, 0.29) is 0 Å². The van der Waals surface area contributed by atoms with Gasteiger partial charge >= 0.3 is 0 Å². The number of hydrogen-bond donors (Lipinski definition) is 1. The van der Waals surface area contributed by atoms with Gasteiger partial charge in [-0.3, -0.25) is 0 Å². The normalized spacial score (nSPS) is 11.2. The SMILES string of the molecule is COCc1ccccc1CNCCOCCN(C)C. The first kappa shape index (κ1) is 16.1. The highest BCUT2D eigenvalue weighted by Crippen LogP contribution is 2.09. The maximum atomic E-state index is 5.53. The van der Waals surface area contributed by atoms with Gasteiger partial charge in [0.2, 0.25) is 0 Å². The van der Waals surface area contributed by atoms with E-state index in [1.807, 2.05) is 20.2 Å². The summed E-state index contributed by atoms with van der Waals surface area (Å²) in [7, 11) is 5.82. The lowest BCUT2D eigenvalue weighted by molar-refractivity contribution is 0.119. The Bertz CT molecular complexity index is 343. The van der Waals surface area contributed by atoms with Gasteiger partial charge in [0.25, 0.3) is 0 Å². The summed E-state index contributed by atoms with van der Waals surface area (Å²) in [6.45, 7) is 4.90. The molecule has 19 heavy (non-hydrogen) atoms. The number of benzene rings is 1. The van der Waals surface area contributed by atoms with Crippen molar-refractivity contribution in [3.8, 4) is 0 Å². The van der Waals surface area contributed by atoms with Crippen molar-refractivity contribution < 1.29 is 9.47 Å². The summed E-state index contributed by atoms with van der Waals surface area (Å²) in [5, 5.41) is 3.39. The van der Waals surface area contributed by atoms with Gasteiger partial charge in [0.1, 0.15) is 0 Å². The zero-order chi connectivity index (χ0) is 13.9. The quantitative estimate of drug-likeness (QED) is 0.651. The first-order valence-electron chi connectivity index (χ1n) is 6.73. The molecule has 0 radical (unpaired) electrons. The molecule has 0 bridgehead atoms. The van der Waals surface area contributed by atoms with E-state index in [4.69, 9.17) is 9.47 Å². The average molecular weight is 266 g/mol. The highest BCUT2D eigenvalue weighted by atomic mass is 16.5. The first-order valence-corrected chi connectivity index (χ1v) is 6.73. The minimum absolute atomic E-state index is 0.664. The van der Waals surface area contributed by atoms with Crippen molar-refractivity contribution in [2.24, 2.45) is 0 Å². The van der Waals surface area contributed by atoms with Crippen LogP contribution in [0.3, 0.4) is 0 Å². The fourth-order valence-electron chi connectivity index (χ4n) is 1.74. The number of rotatable bonds is 10. The molecule has 0 aromatic heterocycles. The maximum absolute atomic E-state index is 5.53. The smallest absolute Gasteiger partial charge is 0.0716 e. The largest absolute Gasteiger partial charge is 0.380 e. The summed E-state index contributed by atoms with van der Waals surface area (Å²) in [5.74, 6) is 0. The fraction of sp³-hybridized carbons (Fsp3) is 0.600. The summed E-state index contributed by atoms with van der Waals surface area (Å²) in [5.41, 5.74) is 2.53. The van der Waals surface area contributed by atoms with E-state index >= 15 is 0 Å². The van der Waals surface area contributed by atoms with Crippen molar-refractivity contribution in [1.82, 2.24) is 10.2 Å². The van der Waals surface area contributed by atoms with E-state index in [1.165, 1.54) is 11.1 Å². The lowest BCUT2D eigenvalue weighted by Crippen LogP contribution is -2.23. The Labute approximate surface area is 116 Å². The summed E-state index contributed by atoms with van der Waals surface area (Å²) in [4.78, 5) is 2.12. The summed E-state index contributed by atoms with van der Waals surface area (Å²) in [6, 6.07) is 8.34. The Hall–Kier alpha value is -0.940. The van der Waals surface area contributed by atoms with Crippen molar-refractivity contribution in [3.63, 3.8) is 0 Å². The fourth-order valence-corrected chi connectivity index (χ4v) is 1.74. The molecule has 0 aliphatic carbocycles. The Morgan fingerprint density at radius 3 is 2.53 bits per heavy atom. The summed E-state index contributed by atoms with van der Waals surface area (Å²) >= 11 is 0. The number of likely N-dealkylation sites (N-methyl/N-ethyl adjacent to an activating group) is 1. The molecule has 0 spiro atoms. The van der Waals surface area contributed by atoms with Gasteiger partial charge in [0.05, 0.1) is 19.8 Å². The van der Waals surface area contributed by atoms with Crippen LogP contribution in [-0.2, 0) is 22.6 Å². The molecule has 4 nitrogen and oxygen atoms in total. The Balaban J connectivity index is 2.15. The van der Waals surface area contributed by atoms with Crippen LogP contribution in [0, 0.1) is 0 Å². The predicted octanol–water partition coefficient (Wildman–Crippen LogP) is 1.50. The Kier molecular flexibility index (Phi) is 8.41. The maximum Gasteiger partial charge on any atom is 0.0716 e. The number of hydrogen-bond acceptors (Lipinski definition) is 4. The van der Waals surface area contributed by atoms with Crippen LogP contribution in [0.25, 0.3) is 0 Å². The number of ether oxygens (including phenoxy) is 2. The van der Waals surface area contributed by atoms with E-state index < -0.39 is 0 Å².